The van der Waals surface area contributed by atoms with Crippen LogP contribution in [0.2, 0.25) is 5.02 Å². The van der Waals surface area contributed by atoms with Crippen molar-refractivity contribution >= 4 is 40.1 Å². The third-order valence-corrected chi connectivity index (χ3v) is 5.44. The number of anilines is 1. The smallest absolute Gasteiger partial charge is 0.339 e. The van der Waals surface area contributed by atoms with E-state index in [9.17, 15) is 14.4 Å². The summed E-state index contributed by atoms with van der Waals surface area (Å²) in [5.74, 6) is -0.679. The van der Waals surface area contributed by atoms with Crippen LogP contribution in [0.15, 0.2) is 45.6 Å². The van der Waals surface area contributed by atoms with Crippen LogP contribution in [-0.4, -0.2) is 18.4 Å². The van der Waals surface area contributed by atoms with Crippen LogP contribution in [0.25, 0.3) is 11.0 Å². The van der Waals surface area contributed by atoms with E-state index in [-0.39, 0.29) is 31.2 Å². The summed E-state index contributed by atoms with van der Waals surface area (Å²) in [6.07, 6.45) is 0.311. The van der Waals surface area contributed by atoms with E-state index >= 15 is 0 Å². The Kier molecular flexibility index (Phi) is 6.57. The highest BCUT2D eigenvalue weighted by Gasteiger charge is 2.14. The van der Waals surface area contributed by atoms with Crippen LogP contribution >= 0.6 is 11.6 Å². The predicted molar refractivity (Wildman–Crippen MR) is 118 cm³/mol. The Morgan fingerprint density at radius 3 is 2.57 bits per heavy atom. The monoisotopic (exact) mass is 426 g/mol. The van der Waals surface area contributed by atoms with Gasteiger partial charge in [0.05, 0.1) is 6.54 Å². The van der Waals surface area contributed by atoms with E-state index in [0.717, 1.165) is 22.1 Å². The van der Waals surface area contributed by atoms with Crippen LogP contribution in [0, 0.1) is 20.8 Å². The highest BCUT2D eigenvalue weighted by atomic mass is 35.5. The van der Waals surface area contributed by atoms with Gasteiger partial charge in [-0.15, -0.1) is 0 Å². The fraction of sp³-hybridized carbons (Fsp3) is 0.261. The number of aryl methyl sites for hydroxylation is 2. The fourth-order valence-corrected chi connectivity index (χ4v) is 3.41. The molecule has 156 valence electrons. The third-order valence-electron chi connectivity index (χ3n) is 5.03. The Hall–Kier alpha value is -3.12. The first-order valence-corrected chi connectivity index (χ1v) is 9.98. The van der Waals surface area contributed by atoms with Gasteiger partial charge in [-0.05, 0) is 62.1 Å². The number of hydrogen-bond donors (Lipinski definition) is 2. The largest absolute Gasteiger partial charge is 0.423 e. The number of carbonyl (C=O) groups is 2. The summed E-state index contributed by atoms with van der Waals surface area (Å²) < 4.78 is 5.41. The van der Waals surface area contributed by atoms with E-state index < -0.39 is 5.63 Å². The number of benzene rings is 2. The van der Waals surface area contributed by atoms with Gasteiger partial charge in [0, 0.05) is 28.1 Å². The lowest BCUT2D eigenvalue weighted by Gasteiger charge is -2.11. The molecule has 3 rings (SSSR count). The zero-order valence-electron chi connectivity index (χ0n) is 17.1. The molecule has 7 heteroatoms. The molecule has 0 radical (unpaired) electrons. The number of hydrogen-bond acceptors (Lipinski definition) is 4. The van der Waals surface area contributed by atoms with Gasteiger partial charge in [-0.2, -0.15) is 0 Å². The van der Waals surface area contributed by atoms with Gasteiger partial charge in [0.1, 0.15) is 5.58 Å². The minimum absolute atomic E-state index is 0.0758. The van der Waals surface area contributed by atoms with Crippen molar-refractivity contribution in [3.05, 3.63) is 74.1 Å². The van der Waals surface area contributed by atoms with E-state index in [4.69, 9.17) is 16.0 Å². The molecule has 0 aliphatic heterocycles. The van der Waals surface area contributed by atoms with Crippen molar-refractivity contribution in [1.82, 2.24) is 5.32 Å². The molecule has 0 fully saturated rings. The van der Waals surface area contributed by atoms with Crippen molar-refractivity contribution in [3.63, 3.8) is 0 Å². The number of amides is 2. The Morgan fingerprint density at radius 2 is 1.80 bits per heavy atom. The van der Waals surface area contributed by atoms with Crippen molar-refractivity contribution in [2.45, 2.75) is 33.6 Å². The summed E-state index contributed by atoms with van der Waals surface area (Å²) in [6.45, 7) is 5.41. The lowest BCUT2D eigenvalue weighted by Crippen LogP contribution is -2.33. The predicted octanol–water partition coefficient (Wildman–Crippen LogP) is 4.06. The Morgan fingerprint density at radius 1 is 1.03 bits per heavy atom. The van der Waals surface area contributed by atoms with Crippen molar-refractivity contribution < 1.29 is 14.0 Å². The summed E-state index contributed by atoms with van der Waals surface area (Å²) in [4.78, 5) is 36.6. The maximum atomic E-state index is 12.3. The van der Waals surface area contributed by atoms with Gasteiger partial charge < -0.3 is 15.1 Å². The molecule has 0 spiro atoms. The van der Waals surface area contributed by atoms with Gasteiger partial charge in [-0.1, -0.05) is 29.8 Å². The Labute approximate surface area is 179 Å². The maximum absolute atomic E-state index is 12.3. The highest BCUT2D eigenvalue weighted by Crippen LogP contribution is 2.23. The number of rotatable bonds is 6. The van der Waals surface area contributed by atoms with Crippen LogP contribution in [0.1, 0.15) is 28.7 Å². The SMILES string of the molecule is Cc1ccc2c(C)c(CCC(=O)NCC(=O)Nc3cccc(Cl)c3C)c(=O)oc2c1. The molecule has 1 aromatic heterocycles. The normalized spacial score (nSPS) is 10.8. The van der Waals surface area contributed by atoms with E-state index in [0.29, 0.717) is 21.9 Å². The molecule has 6 nitrogen and oxygen atoms in total. The van der Waals surface area contributed by atoms with Crippen molar-refractivity contribution in [2.24, 2.45) is 0 Å². The van der Waals surface area contributed by atoms with Gasteiger partial charge in [-0.3, -0.25) is 9.59 Å². The third kappa shape index (κ3) is 4.89. The first kappa shape index (κ1) is 21.6. The van der Waals surface area contributed by atoms with Crippen molar-refractivity contribution in [1.29, 1.82) is 0 Å². The minimum atomic E-state index is -0.437. The van der Waals surface area contributed by atoms with Gasteiger partial charge in [0.2, 0.25) is 11.8 Å². The molecule has 0 saturated heterocycles. The minimum Gasteiger partial charge on any atom is -0.423 e. The fourth-order valence-electron chi connectivity index (χ4n) is 3.23. The Bertz CT molecular complexity index is 1180. The lowest BCUT2D eigenvalue weighted by atomic mass is 10.0. The summed E-state index contributed by atoms with van der Waals surface area (Å²) in [7, 11) is 0. The molecule has 30 heavy (non-hydrogen) atoms. The highest BCUT2D eigenvalue weighted by molar-refractivity contribution is 6.31. The molecule has 3 aromatic rings. The molecule has 2 aromatic carbocycles. The van der Waals surface area contributed by atoms with E-state index in [2.05, 4.69) is 10.6 Å². The second-order valence-electron chi connectivity index (χ2n) is 7.23. The molecule has 2 N–H and O–H groups in total. The first-order valence-electron chi connectivity index (χ1n) is 9.61. The van der Waals surface area contributed by atoms with Crippen LogP contribution in [0.4, 0.5) is 5.69 Å². The number of halogens is 1. The van der Waals surface area contributed by atoms with E-state index in [1.54, 1.807) is 25.1 Å². The standard InChI is InChI=1S/C23H23ClN2O4/c1-13-7-8-16-14(2)17(23(29)30-20(16)11-13)9-10-21(27)25-12-22(28)26-19-6-4-5-18(24)15(19)3/h4-8,11H,9-10,12H2,1-3H3,(H,25,27)(H,26,28). The van der Waals surface area contributed by atoms with Gasteiger partial charge >= 0.3 is 5.63 Å². The zero-order valence-corrected chi connectivity index (χ0v) is 17.9. The average molecular weight is 427 g/mol. The summed E-state index contributed by atoms with van der Waals surface area (Å²) in [6, 6.07) is 10.9. The average Bonchev–Trinajstić information content (AvgIpc) is 2.69. The summed E-state index contributed by atoms with van der Waals surface area (Å²) in [5.41, 5.74) is 3.74. The molecular formula is C23H23ClN2O4. The molecule has 0 saturated carbocycles. The molecular weight excluding hydrogens is 404 g/mol. The summed E-state index contributed by atoms with van der Waals surface area (Å²) >= 11 is 6.04. The number of fused-ring (bicyclic) bond motifs is 1. The zero-order chi connectivity index (χ0) is 21.8. The van der Waals surface area contributed by atoms with Crippen molar-refractivity contribution in [3.8, 4) is 0 Å². The van der Waals surface area contributed by atoms with Gasteiger partial charge in [-0.25, -0.2) is 4.79 Å². The summed E-state index contributed by atoms with van der Waals surface area (Å²) in [5, 5.41) is 6.70. The van der Waals surface area contributed by atoms with E-state index in [1.165, 1.54) is 0 Å². The molecule has 0 aliphatic carbocycles. The van der Waals surface area contributed by atoms with Crippen LogP contribution < -0.4 is 16.3 Å². The topological polar surface area (TPSA) is 88.4 Å². The van der Waals surface area contributed by atoms with Crippen LogP contribution in [0.5, 0.6) is 0 Å². The quantitative estimate of drug-likeness (QED) is 0.582. The molecule has 0 aliphatic rings. The molecule has 0 bridgehead atoms. The molecule has 1 heterocycles. The van der Waals surface area contributed by atoms with Crippen molar-refractivity contribution in [2.75, 3.05) is 11.9 Å². The second kappa shape index (κ2) is 9.13. The Balaban J connectivity index is 1.58. The number of carbonyl (C=O) groups excluding carboxylic acids is 2. The molecule has 0 atom stereocenters. The van der Waals surface area contributed by atoms with Gasteiger partial charge in [0.25, 0.3) is 0 Å². The van der Waals surface area contributed by atoms with Crippen LogP contribution in [0.3, 0.4) is 0 Å². The van der Waals surface area contributed by atoms with Gasteiger partial charge in [0.15, 0.2) is 0 Å². The first-order chi connectivity index (χ1) is 14.3. The second-order valence-corrected chi connectivity index (χ2v) is 7.64. The van der Waals surface area contributed by atoms with Crippen LogP contribution in [-0.2, 0) is 16.0 Å². The maximum Gasteiger partial charge on any atom is 0.339 e. The molecule has 0 unspecified atom stereocenters. The molecule has 2 amide bonds. The lowest BCUT2D eigenvalue weighted by molar-refractivity contribution is -0.124. The number of nitrogens with one attached hydrogen (secondary N) is 2. The van der Waals surface area contributed by atoms with E-state index in [1.807, 2.05) is 32.0 Å².